The molecule has 1 aliphatic heterocycles. The Morgan fingerprint density at radius 1 is 1.18 bits per heavy atom. The Labute approximate surface area is 183 Å². The quantitative estimate of drug-likeness (QED) is 0.584. The molecule has 0 atom stereocenters. The summed E-state index contributed by atoms with van der Waals surface area (Å²) in [7, 11) is 0. The van der Waals surface area contributed by atoms with Crippen LogP contribution in [0, 0.1) is 0 Å². The van der Waals surface area contributed by atoms with Gasteiger partial charge in [-0.1, -0.05) is 12.1 Å². The molecule has 28 heavy (non-hydrogen) atoms. The van der Waals surface area contributed by atoms with Gasteiger partial charge in [-0.2, -0.15) is 0 Å². The molecular formula is C20H31Cl2N3O2S. The summed E-state index contributed by atoms with van der Waals surface area (Å²) in [6.45, 7) is 3.06. The fourth-order valence-electron chi connectivity index (χ4n) is 3.34. The number of likely N-dealkylation sites (tertiary alicyclic amines) is 1. The number of fused-ring (bicyclic) bond motifs is 1. The molecule has 3 rings (SSSR count). The maximum Gasteiger partial charge on any atom is 0.222 e. The molecular weight excluding hydrogens is 417 g/mol. The van der Waals surface area contributed by atoms with Gasteiger partial charge in [0.1, 0.15) is 0 Å². The van der Waals surface area contributed by atoms with Crippen LogP contribution in [-0.2, 0) is 16.0 Å². The lowest BCUT2D eigenvalue weighted by molar-refractivity contribution is -0.133. The van der Waals surface area contributed by atoms with Crippen molar-refractivity contribution in [3.8, 4) is 0 Å². The van der Waals surface area contributed by atoms with Crippen LogP contribution in [0.5, 0.6) is 0 Å². The number of hydrogen-bond donors (Lipinski definition) is 1. The van der Waals surface area contributed by atoms with E-state index in [1.54, 1.807) is 11.3 Å². The van der Waals surface area contributed by atoms with Crippen LogP contribution >= 0.6 is 36.2 Å². The first kappa shape index (κ1) is 25.1. The molecule has 158 valence electrons. The van der Waals surface area contributed by atoms with Crippen molar-refractivity contribution in [3.63, 3.8) is 0 Å². The molecule has 0 aliphatic carbocycles. The third kappa shape index (κ3) is 7.48. The summed E-state index contributed by atoms with van der Waals surface area (Å²) < 4.78 is 7.05. The minimum atomic E-state index is 0. The van der Waals surface area contributed by atoms with E-state index in [4.69, 9.17) is 10.5 Å². The first-order chi connectivity index (χ1) is 12.8. The number of halogens is 2. The predicted molar refractivity (Wildman–Crippen MR) is 121 cm³/mol. The number of thiazole rings is 1. The van der Waals surface area contributed by atoms with Crippen molar-refractivity contribution in [3.05, 3.63) is 29.3 Å². The van der Waals surface area contributed by atoms with E-state index in [1.165, 1.54) is 9.71 Å². The minimum absolute atomic E-state index is 0. The van der Waals surface area contributed by atoms with Crippen LogP contribution in [0.15, 0.2) is 24.3 Å². The number of benzene rings is 1. The van der Waals surface area contributed by atoms with Crippen LogP contribution in [0.25, 0.3) is 10.2 Å². The van der Waals surface area contributed by atoms with E-state index in [2.05, 4.69) is 23.2 Å². The van der Waals surface area contributed by atoms with Crippen molar-refractivity contribution in [2.45, 2.75) is 51.0 Å². The normalized spacial score (nSPS) is 14.5. The van der Waals surface area contributed by atoms with Crippen LogP contribution in [0.1, 0.15) is 43.5 Å². The lowest BCUT2D eigenvalue weighted by Crippen LogP contribution is -2.40. The van der Waals surface area contributed by atoms with Gasteiger partial charge in [0.05, 0.1) is 21.3 Å². The Morgan fingerprint density at radius 2 is 1.93 bits per heavy atom. The van der Waals surface area contributed by atoms with Crippen LogP contribution in [0.2, 0.25) is 0 Å². The summed E-state index contributed by atoms with van der Waals surface area (Å²) in [4.78, 5) is 19.0. The molecule has 0 spiro atoms. The molecule has 0 unspecified atom stereocenters. The van der Waals surface area contributed by atoms with E-state index in [0.717, 1.165) is 63.7 Å². The molecule has 0 bridgehead atoms. The van der Waals surface area contributed by atoms with Crippen molar-refractivity contribution in [1.82, 2.24) is 9.88 Å². The summed E-state index contributed by atoms with van der Waals surface area (Å²) in [5, 5.41) is 1.18. The Balaban J connectivity index is 0.00000196. The Hall–Kier alpha value is -0.920. The van der Waals surface area contributed by atoms with Gasteiger partial charge in [0.25, 0.3) is 0 Å². The average Bonchev–Trinajstić information content (AvgIpc) is 3.09. The standard InChI is InChI=1S/C20H29N3O2S.2ClH/c21-12-5-15-25-16-10-13-23(14-11-16)20(24)9-4-3-8-19-22-17-6-1-2-7-18(17)26-19;;/h1-2,6-7,16H,3-5,8-15,21H2;2*1H. The van der Waals surface area contributed by atoms with E-state index in [0.29, 0.717) is 19.1 Å². The van der Waals surface area contributed by atoms with Crippen LogP contribution in [0.4, 0.5) is 0 Å². The summed E-state index contributed by atoms with van der Waals surface area (Å²) in [6.07, 6.45) is 6.65. The maximum atomic E-state index is 12.4. The third-order valence-electron chi connectivity index (χ3n) is 4.87. The third-order valence-corrected chi connectivity index (χ3v) is 5.96. The fraction of sp³-hybridized carbons (Fsp3) is 0.600. The molecule has 1 fully saturated rings. The summed E-state index contributed by atoms with van der Waals surface area (Å²) in [5.41, 5.74) is 6.57. The Kier molecular flexibility index (Phi) is 12.0. The lowest BCUT2D eigenvalue weighted by Gasteiger charge is -2.32. The van der Waals surface area contributed by atoms with Crippen molar-refractivity contribution < 1.29 is 9.53 Å². The number of unbranched alkanes of at least 4 members (excludes halogenated alkanes) is 1. The van der Waals surface area contributed by atoms with Gasteiger partial charge in [0.2, 0.25) is 5.91 Å². The van der Waals surface area contributed by atoms with Crippen LogP contribution in [0.3, 0.4) is 0 Å². The SMILES string of the molecule is Cl.Cl.NCCCOC1CCN(C(=O)CCCCc2nc3ccccc3s2)CC1. The van der Waals surface area contributed by atoms with Gasteiger partial charge in [-0.05, 0) is 57.2 Å². The largest absolute Gasteiger partial charge is 0.378 e. The number of piperidine rings is 1. The Bertz CT molecular complexity index is 673. The molecule has 1 saturated heterocycles. The monoisotopic (exact) mass is 447 g/mol. The van der Waals surface area contributed by atoms with Gasteiger partial charge >= 0.3 is 0 Å². The van der Waals surface area contributed by atoms with Crippen LogP contribution in [-0.4, -0.2) is 48.1 Å². The average molecular weight is 448 g/mol. The zero-order chi connectivity index (χ0) is 18.2. The number of carbonyl (C=O) groups is 1. The topological polar surface area (TPSA) is 68.5 Å². The number of rotatable bonds is 9. The highest BCUT2D eigenvalue weighted by Crippen LogP contribution is 2.23. The molecule has 1 aromatic heterocycles. The molecule has 8 heteroatoms. The highest BCUT2D eigenvalue weighted by Gasteiger charge is 2.22. The second-order valence-corrected chi connectivity index (χ2v) is 7.99. The minimum Gasteiger partial charge on any atom is -0.378 e. The van der Waals surface area contributed by atoms with Gasteiger partial charge in [-0.25, -0.2) is 4.98 Å². The summed E-state index contributed by atoms with van der Waals surface area (Å²) in [6, 6.07) is 8.25. The lowest BCUT2D eigenvalue weighted by atomic mass is 10.1. The summed E-state index contributed by atoms with van der Waals surface area (Å²) >= 11 is 1.76. The number of ether oxygens (including phenoxy) is 1. The van der Waals surface area contributed by atoms with E-state index in [9.17, 15) is 4.79 Å². The zero-order valence-corrected chi connectivity index (χ0v) is 18.6. The van der Waals surface area contributed by atoms with E-state index >= 15 is 0 Å². The molecule has 1 aromatic carbocycles. The Morgan fingerprint density at radius 3 is 2.64 bits per heavy atom. The zero-order valence-electron chi connectivity index (χ0n) is 16.2. The van der Waals surface area contributed by atoms with Crippen molar-refractivity contribution in [2.24, 2.45) is 5.73 Å². The van der Waals surface area contributed by atoms with Gasteiger partial charge in [-0.3, -0.25) is 4.79 Å². The number of nitrogens with two attached hydrogens (primary N) is 1. The second kappa shape index (κ2) is 13.3. The van der Waals surface area contributed by atoms with Crippen molar-refractivity contribution in [2.75, 3.05) is 26.2 Å². The summed E-state index contributed by atoms with van der Waals surface area (Å²) in [5.74, 6) is 0.287. The number of amides is 1. The first-order valence-corrected chi connectivity index (χ1v) is 10.5. The second-order valence-electron chi connectivity index (χ2n) is 6.88. The van der Waals surface area contributed by atoms with Gasteiger partial charge in [-0.15, -0.1) is 36.2 Å². The predicted octanol–water partition coefficient (Wildman–Crippen LogP) is 4.21. The number of carbonyl (C=O) groups excluding carboxylic acids is 1. The molecule has 2 N–H and O–H groups in total. The maximum absolute atomic E-state index is 12.4. The van der Waals surface area contributed by atoms with E-state index in [1.807, 2.05) is 11.0 Å². The fourth-order valence-corrected chi connectivity index (χ4v) is 4.35. The number of nitrogens with zero attached hydrogens (tertiary/aromatic N) is 2. The van der Waals surface area contributed by atoms with Crippen molar-refractivity contribution >= 4 is 52.3 Å². The van der Waals surface area contributed by atoms with Gasteiger partial charge < -0.3 is 15.4 Å². The van der Waals surface area contributed by atoms with E-state index < -0.39 is 0 Å². The van der Waals surface area contributed by atoms with Crippen molar-refractivity contribution in [1.29, 1.82) is 0 Å². The van der Waals surface area contributed by atoms with E-state index in [-0.39, 0.29) is 30.7 Å². The molecule has 1 amide bonds. The molecule has 0 radical (unpaired) electrons. The molecule has 0 saturated carbocycles. The highest BCUT2D eigenvalue weighted by molar-refractivity contribution is 7.18. The molecule has 2 aromatic rings. The molecule has 1 aliphatic rings. The number of aryl methyl sites for hydroxylation is 1. The van der Waals surface area contributed by atoms with Gasteiger partial charge in [0.15, 0.2) is 0 Å². The number of aromatic nitrogens is 1. The van der Waals surface area contributed by atoms with Gasteiger partial charge in [0, 0.05) is 26.1 Å². The molecule has 5 nitrogen and oxygen atoms in total. The smallest absolute Gasteiger partial charge is 0.222 e. The number of para-hydroxylation sites is 1. The number of hydrogen-bond acceptors (Lipinski definition) is 5. The van der Waals surface area contributed by atoms with Crippen LogP contribution < -0.4 is 5.73 Å². The molecule has 2 heterocycles. The first-order valence-electron chi connectivity index (χ1n) is 9.70. The highest BCUT2D eigenvalue weighted by atomic mass is 35.5.